The van der Waals surface area contributed by atoms with Crippen LogP contribution in [-0.2, 0) is 11.2 Å². The number of carbonyl (C=O) groups is 1. The number of aliphatic imine (C=N–C) groups is 1. The van der Waals surface area contributed by atoms with E-state index in [4.69, 9.17) is 16.3 Å². The molecule has 8 nitrogen and oxygen atoms in total. The van der Waals surface area contributed by atoms with Crippen molar-refractivity contribution in [1.29, 1.82) is 0 Å². The maximum atomic E-state index is 11.5. The van der Waals surface area contributed by atoms with Crippen molar-refractivity contribution in [3.05, 3.63) is 78.1 Å². The molecule has 41 heavy (non-hydrogen) atoms. The lowest BCUT2D eigenvalue weighted by Gasteiger charge is -2.30. The number of hydrogen-bond donors (Lipinski definition) is 3. The van der Waals surface area contributed by atoms with Gasteiger partial charge in [0, 0.05) is 51.0 Å². The molecule has 1 aliphatic rings. The molecule has 0 radical (unpaired) electrons. The summed E-state index contributed by atoms with van der Waals surface area (Å²) in [6, 6.07) is 6.02. The highest BCUT2D eigenvalue weighted by Crippen LogP contribution is 2.26. The van der Waals surface area contributed by atoms with E-state index in [1.165, 1.54) is 24.4 Å². The van der Waals surface area contributed by atoms with Crippen LogP contribution in [0, 0.1) is 0 Å². The lowest BCUT2D eigenvalue weighted by Crippen LogP contribution is -2.48. The van der Waals surface area contributed by atoms with Crippen LogP contribution in [0.2, 0.25) is 5.02 Å². The fourth-order valence-electron chi connectivity index (χ4n) is 3.22. The minimum Gasteiger partial charge on any atom is -0.444 e. The third-order valence-corrected chi connectivity index (χ3v) is 5.60. The molecule has 1 aromatic rings. The molecule has 232 valence electrons. The summed E-state index contributed by atoms with van der Waals surface area (Å²) in [6.07, 6.45) is 9.40. The second-order valence-electron chi connectivity index (χ2n) is 10.2. The van der Waals surface area contributed by atoms with Crippen LogP contribution < -0.4 is 16.8 Å². The lowest BCUT2D eigenvalue weighted by atomic mass is 9.95. The first kappa shape index (κ1) is 40.1. The third kappa shape index (κ3) is 21.4. The van der Waals surface area contributed by atoms with E-state index >= 15 is 0 Å². The number of benzene rings is 1. The summed E-state index contributed by atoms with van der Waals surface area (Å²) in [5.74, 6) is 0. The maximum Gasteiger partial charge on any atom is 0.410 e. The Morgan fingerprint density at radius 1 is 1.24 bits per heavy atom. The van der Waals surface area contributed by atoms with Gasteiger partial charge in [-0.05, 0) is 96.0 Å². The topological polar surface area (TPSA) is 109 Å². The smallest absolute Gasteiger partial charge is 0.410 e. The number of nitrogens with zero attached hydrogens (tertiary/aromatic N) is 3. The first-order valence-corrected chi connectivity index (χ1v) is 14.3. The third-order valence-electron chi connectivity index (χ3n) is 5.36. The van der Waals surface area contributed by atoms with Gasteiger partial charge in [0.15, 0.2) is 0 Å². The molecule has 0 atom stereocenters. The number of halogens is 1. The summed E-state index contributed by atoms with van der Waals surface area (Å²) in [5.41, 5.74) is 13.4. The Bertz CT molecular complexity index is 963. The molecule has 1 fully saturated rings. The van der Waals surface area contributed by atoms with Gasteiger partial charge in [0.25, 0.3) is 0 Å². The van der Waals surface area contributed by atoms with Gasteiger partial charge in [-0.2, -0.15) is 0 Å². The standard InChI is InChI=1S/C20H27ClN2.C9H18N2O2.C2H5N.CH5N/c1-6-23(5)15-22-13-7-8-17(4)20-14-19(21)12-11-18(20)10-9-16(2)3;1-9(2,3)13-8(12)11-6-4-10-5-7-11;1-2-3;1-2/h7,11-15H,2,4,6,8-10H2,1,3,5H3;10H,4-7H2,1-3H3;2H,1,3H2;2H2,1H3/b13-7+,22-15?;;;. The number of aryl methyl sites for hydroxylation is 1. The Kier molecular flexibility index (Phi) is 23.1. The Hall–Kier alpha value is -3.07. The maximum absolute atomic E-state index is 11.5. The number of hydrogen-bond acceptors (Lipinski definition) is 6. The SMILES string of the molecule is C=C(C)CCc1ccc(Cl)cc1C(=C)C/C=C/N=CN(C)CC.C=CN.CC(C)(C)OC(=O)N1CCNCC1.CN. The van der Waals surface area contributed by atoms with Crippen molar-refractivity contribution in [2.24, 2.45) is 16.5 Å². The van der Waals surface area contributed by atoms with E-state index in [2.05, 4.69) is 61.4 Å². The monoisotopic (exact) mass is 590 g/mol. The van der Waals surface area contributed by atoms with E-state index in [9.17, 15) is 4.79 Å². The average Bonchev–Trinajstić information content (AvgIpc) is 2.93. The lowest BCUT2D eigenvalue weighted by molar-refractivity contribution is 0.0229. The van der Waals surface area contributed by atoms with Crippen molar-refractivity contribution in [2.45, 2.75) is 59.5 Å². The van der Waals surface area contributed by atoms with Crippen molar-refractivity contribution >= 4 is 29.6 Å². The molecular weight excluding hydrogens is 536 g/mol. The minimum atomic E-state index is -0.387. The van der Waals surface area contributed by atoms with Gasteiger partial charge in [0.1, 0.15) is 5.60 Å². The van der Waals surface area contributed by atoms with Crippen molar-refractivity contribution in [1.82, 2.24) is 15.1 Å². The number of rotatable bonds is 9. The molecule has 1 saturated heterocycles. The number of amides is 1. The fourth-order valence-corrected chi connectivity index (χ4v) is 3.39. The Morgan fingerprint density at radius 2 is 1.83 bits per heavy atom. The summed E-state index contributed by atoms with van der Waals surface area (Å²) < 4.78 is 5.24. The van der Waals surface area contributed by atoms with Gasteiger partial charge >= 0.3 is 6.09 Å². The van der Waals surface area contributed by atoms with Crippen molar-refractivity contribution in [3.63, 3.8) is 0 Å². The summed E-state index contributed by atoms with van der Waals surface area (Å²) in [5, 5.41) is 3.93. The van der Waals surface area contributed by atoms with Gasteiger partial charge in [0.2, 0.25) is 0 Å². The number of nitrogens with two attached hydrogens (primary N) is 2. The molecule has 0 aromatic heterocycles. The van der Waals surface area contributed by atoms with Crippen LogP contribution in [0.4, 0.5) is 4.79 Å². The van der Waals surface area contributed by atoms with Crippen LogP contribution in [0.25, 0.3) is 5.57 Å². The van der Waals surface area contributed by atoms with Gasteiger partial charge in [0.05, 0.1) is 6.34 Å². The molecule has 0 spiro atoms. The molecule has 0 aliphatic carbocycles. The first-order chi connectivity index (χ1) is 19.3. The summed E-state index contributed by atoms with van der Waals surface area (Å²) in [7, 11) is 3.50. The first-order valence-electron chi connectivity index (χ1n) is 13.9. The molecule has 1 aromatic carbocycles. The normalized spacial score (nSPS) is 12.7. The second kappa shape index (κ2) is 23.6. The van der Waals surface area contributed by atoms with E-state index in [0.717, 1.165) is 68.1 Å². The Morgan fingerprint density at radius 3 is 2.34 bits per heavy atom. The van der Waals surface area contributed by atoms with E-state index in [1.54, 1.807) is 4.90 Å². The predicted molar refractivity (Wildman–Crippen MR) is 179 cm³/mol. The number of carbonyl (C=O) groups excluding carboxylic acids is 1. The molecule has 1 aliphatic heterocycles. The Balaban J connectivity index is 0. The predicted octanol–water partition coefficient (Wildman–Crippen LogP) is 6.24. The van der Waals surface area contributed by atoms with Crippen LogP contribution in [0.3, 0.4) is 0 Å². The highest BCUT2D eigenvalue weighted by Gasteiger charge is 2.22. The number of allylic oxidation sites excluding steroid dienone is 3. The summed E-state index contributed by atoms with van der Waals surface area (Å²) in [6.45, 7) is 25.3. The largest absolute Gasteiger partial charge is 0.444 e. The Labute approximate surface area is 254 Å². The van der Waals surface area contributed by atoms with Crippen molar-refractivity contribution in [2.75, 3.05) is 46.8 Å². The van der Waals surface area contributed by atoms with Gasteiger partial charge in [-0.3, -0.25) is 0 Å². The zero-order chi connectivity index (χ0) is 31.8. The molecule has 0 unspecified atom stereocenters. The van der Waals surface area contributed by atoms with E-state index < -0.39 is 0 Å². The molecule has 0 bridgehead atoms. The van der Waals surface area contributed by atoms with Crippen LogP contribution in [-0.4, -0.2) is 74.7 Å². The minimum absolute atomic E-state index is 0.200. The van der Waals surface area contributed by atoms with E-state index in [0.29, 0.717) is 0 Å². The van der Waals surface area contributed by atoms with Crippen LogP contribution in [0.15, 0.2) is 67.0 Å². The molecule has 1 amide bonds. The summed E-state index contributed by atoms with van der Waals surface area (Å²) in [4.78, 5) is 19.5. The van der Waals surface area contributed by atoms with Crippen LogP contribution in [0.5, 0.6) is 0 Å². The fraction of sp³-hybridized carbons (Fsp3) is 0.500. The molecule has 5 N–H and O–H groups in total. The highest BCUT2D eigenvalue weighted by atomic mass is 35.5. The van der Waals surface area contributed by atoms with Crippen LogP contribution >= 0.6 is 11.6 Å². The average molecular weight is 591 g/mol. The van der Waals surface area contributed by atoms with E-state index in [-0.39, 0.29) is 11.7 Å². The number of nitrogens with one attached hydrogen (secondary N) is 1. The molecule has 2 rings (SSSR count). The second-order valence-corrected chi connectivity index (χ2v) is 10.7. The molecule has 0 saturated carbocycles. The van der Waals surface area contributed by atoms with Gasteiger partial charge in [-0.15, -0.1) is 6.58 Å². The zero-order valence-corrected chi connectivity index (χ0v) is 27.3. The number of piperazine rings is 1. The van der Waals surface area contributed by atoms with Crippen LogP contribution in [0.1, 0.15) is 58.6 Å². The van der Waals surface area contributed by atoms with E-state index in [1.807, 2.05) is 63.5 Å². The summed E-state index contributed by atoms with van der Waals surface area (Å²) >= 11 is 6.15. The molecule has 1 heterocycles. The zero-order valence-electron chi connectivity index (χ0n) is 26.5. The van der Waals surface area contributed by atoms with Gasteiger partial charge in [-0.25, -0.2) is 9.79 Å². The molecule has 9 heteroatoms. The highest BCUT2D eigenvalue weighted by molar-refractivity contribution is 6.30. The molecular formula is C32H55ClN6O2. The van der Waals surface area contributed by atoms with Gasteiger partial charge < -0.3 is 31.3 Å². The number of ether oxygens (including phenoxy) is 1. The van der Waals surface area contributed by atoms with Crippen molar-refractivity contribution < 1.29 is 9.53 Å². The van der Waals surface area contributed by atoms with Gasteiger partial charge in [-0.1, -0.05) is 42.5 Å². The quantitative estimate of drug-likeness (QED) is 0.178. The van der Waals surface area contributed by atoms with Crippen molar-refractivity contribution in [3.8, 4) is 0 Å².